The number of likely N-dealkylation sites (tertiary alicyclic amines) is 1. The van der Waals surface area contributed by atoms with Crippen LogP contribution < -0.4 is 11.0 Å². The summed E-state index contributed by atoms with van der Waals surface area (Å²) in [5, 5.41) is 7.24. The first-order valence-corrected chi connectivity index (χ1v) is 10.3. The van der Waals surface area contributed by atoms with Crippen LogP contribution in [0.25, 0.3) is 5.65 Å². The molecule has 1 unspecified atom stereocenters. The lowest BCUT2D eigenvalue weighted by Crippen LogP contribution is -2.46. The fourth-order valence-corrected chi connectivity index (χ4v) is 3.86. The number of nitrogens with one attached hydrogen (secondary N) is 1. The van der Waals surface area contributed by atoms with Gasteiger partial charge in [0, 0.05) is 32.3 Å². The van der Waals surface area contributed by atoms with Gasteiger partial charge in [-0.2, -0.15) is 0 Å². The first-order valence-electron chi connectivity index (χ1n) is 10.3. The average molecular weight is 407 g/mol. The molecular weight excluding hydrogens is 382 g/mol. The summed E-state index contributed by atoms with van der Waals surface area (Å²) in [7, 11) is 0. The number of amides is 2. The number of benzene rings is 1. The van der Waals surface area contributed by atoms with Gasteiger partial charge < -0.3 is 10.2 Å². The smallest absolute Gasteiger partial charge is 0.350 e. The van der Waals surface area contributed by atoms with Crippen molar-refractivity contribution in [3.8, 4) is 0 Å². The highest BCUT2D eigenvalue weighted by Gasteiger charge is 2.32. The van der Waals surface area contributed by atoms with Crippen LogP contribution >= 0.6 is 0 Å². The zero-order valence-corrected chi connectivity index (χ0v) is 16.7. The predicted octanol–water partition coefficient (Wildman–Crippen LogP) is 1.76. The molecule has 1 N–H and O–H groups in total. The van der Waals surface area contributed by atoms with Crippen LogP contribution in [0.4, 0.5) is 0 Å². The number of fused-ring (bicyclic) bond motifs is 1. The topological polar surface area (TPSA) is 88.7 Å². The molecule has 2 amide bonds. The maximum absolute atomic E-state index is 13.0. The Kier molecular flexibility index (Phi) is 5.92. The summed E-state index contributed by atoms with van der Waals surface area (Å²) in [6.45, 7) is 1.38. The maximum Gasteiger partial charge on any atom is 0.350 e. The summed E-state index contributed by atoms with van der Waals surface area (Å²) >= 11 is 0. The van der Waals surface area contributed by atoms with Crippen molar-refractivity contribution in [3.63, 3.8) is 0 Å². The van der Waals surface area contributed by atoms with Gasteiger partial charge in [0.2, 0.25) is 11.8 Å². The number of aryl methyl sites for hydroxylation is 1. The van der Waals surface area contributed by atoms with E-state index in [9.17, 15) is 14.4 Å². The van der Waals surface area contributed by atoms with Crippen molar-refractivity contribution < 1.29 is 9.59 Å². The maximum atomic E-state index is 13.0. The second kappa shape index (κ2) is 8.94. The standard InChI is InChI=1S/C22H25N5O3/c28-19-12-5-7-15-26(19)20(17-9-2-1-3-10-17)21(29)23-13-8-16-27-22(30)25-14-6-4-11-18(25)24-27/h1-4,6,9-11,14,20H,5,7-8,12-13,15-16H2,(H,23,29). The Labute approximate surface area is 174 Å². The molecule has 30 heavy (non-hydrogen) atoms. The highest BCUT2D eigenvalue weighted by Crippen LogP contribution is 2.25. The quantitative estimate of drug-likeness (QED) is 0.605. The lowest BCUT2D eigenvalue weighted by Gasteiger charge is -2.34. The van der Waals surface area contributed by atoms with Crippen LogP contribution in [0.3, 0.4) is 0 Å². The molecule has 0 spiro atoms. The van der Waals surface area contributed by atoms with Crippen molar-refractivity contribution in [2.24, 2.45) is 0 Å². The predicted molar refractivity (Wildman–Crippen MR) is 112 cm³/mol. The summed E-state index contributed by atoms with van der Waals surface area (Å²) < 4.78 is 2.90. The largest absolute Gasteiger partial charge is 0.354 e. The number of nitrogens with zero attached hydrogens (tertiary/aromatic N) is 4. The van der Waals surface area contributed by atoms with Crippen molar-refractivity contribution in [2.75, 3.05) is 13.1 Å². The van der Waals surface area contributed by atoms with Crippen LogP contribution in [-0.4, -0.2) is 44.0 Å². The Morgan fingerprint density at radius 3 is 2.63 bits per heavy atom. The first-order chi connectivity index (χ1) is 14.6. The molecule has 3 heterocycles. The van der Waals surface area contributed by atoms with Gasteiger partial charge in [0.15, 0.2) is 5.65 Å². The number of rotatable bonds is 7. The Morgan fingerprint density at radius 2 is 1.87 bits per heavy atom. The minimum absolute atomic E-state index is 0.0153. The molecule has 1 fully saturated rings. The summed E-state index contributed by atoms with van der Waals surface area (Å²) in [4.78, 5) is 39.5. The van der Waals surface area contributed by atoms with E-state index in [4.69, 9.17) is 0 Å². The zero-order valence-electron chi connectivity index (χ0n) is 16.7. The molecule has 0 saturated carbocycles. The third-order valence-corrected chi connectivity index (χ3v) is 5.37. The van der Waals surface area contributed by atoms with Crippen molar-refractivity contribution in [3.05, 3.63) is 70.8 Å². The van der Waals surface area contributed by atoms with Crippen molar-refractivity contribution in [2.45, 2.75) is 38.3 Å². The van der Waals surface area contributed by atoms with Crippen LogP contribution in [0.5, 0.6) is 0 Å². The molecule has 1 saturated heterocycles. The van der Waals surface area contributed by atoms with Gasteiger partial charge in [-0.15, -0.1) is 5.10 Å². The molecule has 4 rings (SSSR count). The van der Waals surface area contributed by atoms with E-state index in [1.54, 1.807) is 23.2 Å². The monoisotopic (exact) mass is 407 g/mol. The van der Waals surface area contributed by atoms with Gasteiger partial charge in [0.1, 0.15) is 6.04 Å². The molecule has 2 aromatic heterocycles. The van der Waals surface area contributed by atoms with Gasteiger partial charge in [-0.1, -0.05) is 36.4 Å². The lowest BCUT2D eigenvalue weighted by atomic mass is 10.0. The molecule has 3 aromatic rings. The van der Waals surface area contributed by atoms with Crippen LogP contribution in [0.1, 0.15) is 37.3 Å². The number of carbonyl (C=O) groups excluding carboxylic acids is 2. The Morgan fingerprint density at radius 1 is 1.07 bits per heavy atom. The van der Waals surface area contributed by atoms with E-state index >= 15 is 0 Å². The van der Waals surface area contributed by atoms with Crippen molar-refractivity contribution in [1.82, 2.24) is 24.4 Å². The number of piperidine rings is 1. The molecule has 1 aliphatic rings. The highest BCUT2D eigenvalue weighted by molar-refractivity contribution is 5.89. The van der Waals surface area contributed by atoms with Gasteiger partial charge in [0.25, 0.3) is 0 Å². The normalized spacial score (nSPS) is 15.3. The van der Waals surface area contributed by atoms with E-state index in [0.29, 0.717) is 38.1 Å². The molecule has 1 aromatic carbocycles. The van der Waals surface area contributed by atoms with E-state index in [1.165, 1.54) is 9.08 Å². The molecule has 1 aliphatic heterocycles. The minimum atomic E-state index is -0.628. The van der Waals surface area contributed by atoms with Gasteiger partial charge >= 0.3 is 5.69 Å². The van der Waals surface area contributed by atoms with Gasteiger partial charge in [-0.3, -0.25) is 14.0 Å². The van der Waals surface area contributed by atoms with Crippen LogP contribution in [-0.2, 0) is 16.1 Å². The number of hydrogen-bond acceptors (Lipinski definition) is 4. The SMILES string of the molecule is O=C(NCCCn1nc2ccccn2c1=O)C(c1ccccc1)N1CCCCC1=O. The second-order valence-electron chi connectivity index (χ2n) is 7.44. The third-order valence-electron chi connectivity index (χ3n) is 5.37. The second-order valence-corrected chi connectivity index (χ2v) is 7.44. The molecular formula is C22H25N5O3. The Balaban J connectivity index is 1.40. The Bertz CT molecular complexity index is 1090. The van der Waals surface area contributed by atoms with Crippen LogP contribution in [0.2, 0.25) is 0 Å². The van der Waals surface area contributed by atoms with Crippen LogP contribution in [0, 0.1) is 0 Å². The Hall–Kier alpha value is -3.42. The van der Waals surface area contributed by atoms with E-state index < -0.39 is 6.04 Å². The summed E-state index contributed by atoms with van der Waals surface area (Å²) in [5.74, 6) is -0.180. The minimum Gasteiger partial charge on any atom is -0.354 e. The molecule has 156 valence electrons. The number of hydrogen-bond donors (Lipinski definition) is 1. The molecule has 8 nitrogen and oxygen atoms in total. The van der Waals surface area contributed by atoms with Gasteiger partial charge in [0.05, 0.1) is 0 Å². The molecule has 8 heteroatoms. The average Bonchev–Trinajstić information content (AvgIpc) is 3.09. The third kappa shape index (κ3) is 4.12. The van der Waals surface area contributed by atoms with Gasteiger partial charge in [-0.25, -0.2) is 9.48 Å². The van der Waals surface area contributed by atoms with E-state index in [-0.39, 0.29) is 17.5 Å². The fraction of sp³-hybridized carbons (Fsp3) is 0.364. The van der Waals surface area contributed by atoms with E-state index in [0.717, 1.165) is 18.4 Å². The van der Waals surface area contributed by atoms with Gasteiger partial charge in [-0.05, 0) is 37.0 Å². The van der Waals surface area contributed by atoms with Crippen molar-refractivity contribution in [1.29, 1.82) is 0 Å². The fourth-order valence-electron chi connectivity index (χ4n) is 3.86. The summed E-state index contributed by atoms with van der Waals surface area (Å²) in [6, 6.07) is 14.2. The van der Waals surface area contributed by atoms with Crippen molar-refractivity contribution >= 4 is 17.5 Å². The molecule has 0 radical (unpaired) electrons. The van der Waals surface area contributed by atoms with E-state index in [1.807, 2.05) is 36.4 Å². The number of pyridine rings is 1. The number of aromatic nitrogens is 3. The van der Waals surface area contributed by atoms with E-state index in [2.05, 4.69) is 10.4 Å². The van der Waals surface area contributed by atoms with Crippen LogP contribution in [0.15, 0.2) is 59.5 Å². The summed E-state index contributed by atoms with van der Waals surface area (Å²) in [5.41, 5.74) is 1.21. The number of carbonyl (C=O) groups is 2. The lowest BCUT2D eigenvalue weighted by molar-refractivity contribution is -0.142. The molecule has 0 aliphatic carbocycles. The highest BCUT2D eigenvalue weighted by atomic mass is 16.2. The molecule has 1 atom stereocenters. The zero-order chi connectivity index (χ0) is 20.9. The first kappa shape index (κ1) is 19.9. The molecule has 0 bridgehead atoms. The summed E-state index contributed by atoms with van der Waals surface area (Å²) in [6.07, 6.45) is 4.49.